The van der Waals surface area contributed by atoms with Gasteiger partial charge < -0.3 is 10.4 Å². The average Bonchev–Trinajstić information content (AvgIpc) is 2.59. The van der Waals surface area contributed by atoms with Gasteiger partial charge in [-0.3, -0.25) is 4.90 Å². The van der Waals surface area contributed by atoms with E-state index in [2.05, 4.69) is 41.2 Å². The molecule has 23 heavy (non-hydrogen) atoms. The predicted octanol–water partition coefficient (Wildman–Crippen LogP) is 3.27. The van der Waals surface area contributed by atoms with E-state index in [1.807, 2.05) is 18.2 Å². The summed E-state index contributed by atoms with van der Waals surface area (Å²) in [5.74, 6) is -0.435. The third-order valence-corrected chi connectivity index (χ3v) is 3.88. The van der Waals surface area contributed by atoms with E-state index in [4.69, 9.17) is 5.11 Å². The maximum absolute atomic E-state index is 11.0. The highest BCUT2D eigenvalue weighted by Crippen LogP contribution is 2.21. The van der Waals surface area contributed by atoms with Gasteiger partial charge in [0.2, 0.25) is 0 Å². The molecular formula is C18H23N3O2. The van der Waals surface area contributed by atoms with Crippen LogP contribution in [0.2, 0.25) is 0 Å². The molecule has 0 amide bonds. The molecule has 122 valence electrons. The van der Waals surface area contributed by atoms with Crippen molar-refractivity contribution in [3.63, 3.8) is 0 Å². The van der Waals surface area contributed by atoms with Crippen LogP contribution < -0.4 is 5.32 Å². The number of nitrogens with one attached hydrogen (secondary N) is 1. The van der Waals surface area contributed by atoms with Crippen LogP contribution >= 0.6 is 0 Å². The maximum Gasteiger partial charge on any atom is 0.354 e. The fraction of sp³-hybridized carbons (Fsp3) is 0.333. The lowest BCUT2D eigenvalue weighted by Crippen LogP contribution is -2.33. The van der Waals surface area contributed by atoms with Crippen LogP contribution in [0.5, 0.6) is 0 Å². The molecule has 0 saturated heterocycles. The summed E-state index contributed by atoms with van der Waals surface area (Å²) in [6.07, 6.45) is 0. The molecule has 0 saturated carbocycles. The van der Waals surface area contributed by atoms with E-state index in [1.165, 1.54) is 11.6 Å². The van der Waals surface area contributed by atoms with Crippen molar-refractivity contribution >= 4 is 11.8 Å². The van der Waals surface area contributed by atoms with Crippen LogP contribution in [-0.2, 0) is 0 Å². The fourth-order valence-electron chi connectivity index (χ4n) is 2.65. The molecule has 2 rings (SSSR count). The monoisotopic (exact) mass is 313 g/mol. The van der Waals surface area contributed by atoms with Crippen molar-refractivity contribution in [2.45, 2.75) is 19.9 Å². The molecule has 5 heteroatoms. The van der Waals surface area contributed by atoms with Crippen molar-refractivity contribution in [1.82, 2.24) is 9.88 Å². The fourth-order valence-corrected chi connectivity index (χ4v) is 2.65. The van der Waals surface area contributed by atoms with E-state index in [-0.39, 0.29) is 11.7 Å². The summed E-state index contributed by atoms with van der Waals surface area (Å²) in [7, 11) is 0. The molecule has 1 unspecified atom stereocenters. The Morgan fingerprint density at radius 1 is 1.13 bits per heavy atom. The zero-order chi connectivity index (χ0) is 16.7. The third-order valence-electron chi connectivity index (χ3n) is 3.88. The number of rotatable bonds is 8. The van der Waals surface area contributed by atoms with E-state index < -0.39 is 5.97 Å². The first-order chi connectivity index (χ1) is 11.2. The summed E-state index contributed by atoms with van der Waals surface area (Å²) in [5.41, 5.74) is 1.28. The Labute approximate surface area is 137 Å². The summed E-state index contributed by atoms with van der Waals surface area (Å²) in [5, 5.41) is 12.3. The first-order valence-corrected chi connectivity index (χ1v) is 7.88. The van der Waals surface area contributed by atoms with Gasteiger partial charge in [-0.2, -0.15) is 0 Å². The lowest BCUT2D eigenvalue weighted by molar-refractivity contribution is 0.0690. The summed E-state index contributed by atoms with van der Waals surface area (Å²) >= 11 is 0. The van der Waals surface area contributed by atoms with Crippen molar-refractivity contribution < 1.29 is 9.90 Å². The topological polar surface area (TPSA) is 65.5 Å². The van der Waals surface area contributed by atoms with E-state index >= 15 is 0 Å². The Hall–Kier alpha value is -2.40. The van der Waals surface area contributed by atoms with Gasteiger partial charge in [-0.1, -0.05) is 50.2 Å². The molecule has 0 aliphatic carbocycles. The SMILES string of the molecule is CCN(CC)C(CNc1cccc(C(=O)O)n1)c1ccccc1. The lowest BCUT2D eigenvalue weighted by Gasteiger charge is -2.30. The normalized spacial score (nSPS) is 12.1. The molecule has 0 aliphatic rings. The molecule has 2 aromatic rings. The zero-order valence-corrected chi connectivity index (χ0v) is 13.6. The van der Waals surface area contributed by atoms with Gasteiger partial charge >= 0.3 is 5.97 Å². The zero-order valence-electron chi connectivity index (χ0n) is 13.6. The molecule has 1 aromatic carbocycles. The first kappa shape index (κ1) is 17.0. The molecule has 5 nitrogen and oxygen atoms in total. The molecule has 0 radical (unpaired) electrons. The smallest absolute Gasteiger partial charge is 0.354 e. The minimum atomic E-state index is -1.02. The van der Waals surface area contributed by atoms with Crippen molar-refractivity contribution in [3.05, 3.63) is 59.8 Å². The van der Waals surface area contributed by atoms with Crippen LogP contribution in [0, 0.1) is 0 Å². The minimum Gasteiger partial charge on any atom is -0.477 e. The molecule has 2 N–H and O–H groups in total. The van der Waals surface area contributed by atoms with E-state index in [1.54, 1.807) is 12.1 Å². The summed E-state index contributed by atoms with van der Waals surface area (Å²) < 4.78 is 0. The predicted molar refractivity (Wildman–Crippen MR) is 91.8 cm³/mol. The minimum absolute atomic E-state index is 0.0501. The second kappa shape index (κ2) is 8.29. The number of anilines is 1. The Bertz CT molecular complexity index is 627. The van der Waals surface area contributed by atoms with E-state index in [9.17, 15) is 4.79 Å². The number of nitrogens with zero attached hydrogens (tertiary/aromatic N) is 2. The number of pyridine rings is 1. The van der Waals surface area contributed by atoms with Gasteiger partial charge in [-0.25, -0.2) is 9.78 Å². The van der Waals surface area contributed by atoms with Crippen molar-refractivity contribution in [1.29, 1.82) is 0 Å². The average molecular weight is 313 g/mol. The number of benzene rings is 1. The second-order valence-electron chi connectivity index (χ2n) is 5.24. The molecular weight excluding hydrogens is 290 g/mol. The number of carboxylic acid groups (broad SMARTS) is 1. The van der Waals surface area contributed by atoms with Gasteiger partial charge in [0.1, 0.15) is 5.82 Å². The Morgan fingerprint density at radius 3 is 2.43 bits per heavy atom. The van der Waals surface area contributed by atoms with Crippen LogP contribution in [0.25, 0.3) is 0 Å². The second-order valence-corrected chi connectivity index (χ2v) is 5.24. The van der Waals surface area contributed by atoms with Gasteiger partial charge in [-0.15, -0.1) is 0 Å². The molecule has 0 fully saturated rings. The molecule has 0 bridgehead atoms. The highest BCUT2D eigenvalue weighted by molar-refractivity contribution is 5.85. The van der Waals surface area contributed by atoms with Gasteiger partial charge in [0, 0.05) is 6.54 Å². The van der Waals surface area contributed by atoms with E-state index in [0.717, 1.165) is 13.1 Å². The van der Waals surface area contributed by atoms with Gasteiger partial charge in [0.25, 0.3) is 0 Å². The lowest BCUT2D eigenvalue weighted by atomic mass is 10.1. The Morgan fingerprint density at radius 2 is 1.83 bits per heavy atom. The highest BCUT2D eigenvalue weighted by atomic mass is 16.4. The summed E-state index contributed by atoms with van der Waals surface area (Å²) in [6, 6.07) is 15.5. The molecule has 0 spiro atoms. The van der Waals surface area contributed by atoms with Gasteiger partial charge in [0.05, 0.1) is 6.04 Å². The standard InChI is InChI=1S/C18H23N3O2/c1-3-21(4-2)16(14-9-6-5-7-10-14)13-19-17-12-8-11-15(20-17)18(22)23/h5-12,16H,3-4,13H2,1-2H3,(H,19,20)(H,22,23). The summed E-state index contributed by atoms with van der Waals surface area (Å²) in [4.78, 5) is 17.5. The molecule has 0 aliphatic heterocycles. The van der Waals surface area contributed by atoms with Crippen molar-refractivity contribution in [3.8, 4) is 0 Å². The van der Waals surface area contributed by atoms with Crippen LogP contribution in [-0.4, -0.2) is 40.6 Å². The van der Waals surface area contributed by atoms with E-state index in [0.29, 0.717) is 12.4 Å². The number of hydrogen-bond acceptors (Lipinski definition) is 4. The van der Waals surface area contributed by atoms with Crippen LogP contribution in [0.3, 0.4) is 0 Å². The van der Waals surface area contributed by atoms with Crippen LogP contribution in [0.4, 0.5) is 5.82 Å². The Kier molecular flexibility index (Phi) is 6.11. The van der Waals surface area contributed by atoms with Gasteiger partial charge in [-0.05, 0) is 30.8 Å². The summed E-state index contributed by atoms with van der Waals surface area (Å²) in [6.45, 7) is 6.84. The maximum atomic E-state index is 11.0. The number of carboxylic acids is 1. The highest BCUT2D eigenvalue weighted by Gasteiger charge is 2.17. The first-order valence-electron chi connectivity index (χ1n) is 7.88. The number of hydrogen-bond donors (Lipinski definition) is 2. The van der Waals surface area contributed by atoms with Crippen LogP contribution in [0.15, 0.2) is 48.5 Å². The number of likely N-dealkylation sites (N-methyl/N-ethyl adjacent to an activating group) is 1. The van der Waals surface area contributed by atoms with Crippen LogP contribution in [0.1, 0.15) is 35.9 Å². The quantitative estimate of drug-likeness (QED) is 0.783. The molecule has 1 heterocycles. The van der Waals surface area contributed by atoms with Gasteiger partial charge in [0.15, 0.2) is 5.69 Å². The third kappa shape index (κ3) is 4.53. The largest absolute Gasteiger partial charge is 0.477 e. The number of carbonyl (C=O) groups is 1. The molecule has 1 atom stereocenters. The van der Waals surface area contributed by atoms with Crippen molar-refractivity contribution in [2.75, 3.05) is 25.0 Å². The molecule has 1 aromatic heterocycles. The Balaban J connectivity index is 2.15. The number of aromatic nitrogens is 1. The number of aromatic carboxylic acids is 1. The van der Waals surface area contributed by atoms with Crippen molar-refractivity contribution in [2.24, 2.45) is 0 Å².